The molecule has 0 unspecified atom stereocenters. The van der Waals surface area contributed by atoms with Crippen molar-refractivity contribution in [1.29, 1.82) is 0 Å². The third kappa shape index (κ3) is 8.70. The first-order valence-corrected chi connectivity index (χ1v) is 24.5. The predicted molar refractivity (Wildman–Crippen MR) is 306 cm³/mol. The number of rotatable bonds is 13. The lowest BCUT2D eigenvalue weighted by Crippen LogP contribution is -2.12. The van der Waals surface area contributed by atoms with E-state index in [-0.39, 0.29) is 0 Å². The maximum Gasteiger partial charge on any atom is 0.0540 e. The molecule has 0 radical (unpaired) electrons. The normalized spacial score (nSPS) is 11.1. The monoisotopic (exact) mass is 922 g/mol. The quantitative estimate of drug-likeness (QED) is 0.114. The van der Waals surface area contributed by atoms with Crippen molar-refractivity contribution in [3.63, 3.8) is 0 Å². The summed E-state index contributed by atoms with van der Waals surface area (Å²) in [5, 5.41) is 4.77. The molecule has 342 valence electrons. The Morgan fingerprint density at radius 3 is 0.681 bits per heavy atom. The van der Waals surface area contributed by atoms with Gasteiger partial charge in [-0.1, -0.05) is 170 Å². The van der Waals surface area contributed by atoms with Gasteiger partial charge in [-0.25, -0.2) is 0 Å². The highest BCUT2D eigenvalue weighted by Crippen LogP contribution is 2.44. The van der Waals surface area contributed by atoms with E-state index in [1.54, 1.807) is 0 Å². The molecule has 12 rings (SSSR count). The third-order valence-electron chi connectivity index (χ3n) is 13.4. The molecule has 0 amide bonds. The summed E-state index contributed by atoms with van der Waals surface area (Å²) < 4.78 is 0. The van der Waals surface area contributed by atoms with E-state index in [4.69, 9.17) is 0 Å². The number of hydrogen-bond donors (Lipinski definition) is 0. The van der Waals surface area contributed by atoms with Crippen LogP contribution in [-0.2, 0) is 0 Å². The van der Waals surface area contributed by atoms with Crippen molar-refractivity contribution in [3.05, 3.63) is 303 Å². The Morgan fingerprint density at radius 2 is 0.375 bits per heavy atom. The molecular formula is C68H50N4. The van der Waals surface area contributed by atoms with Gasteiger partial charge < -0.3 is 19.6 Å². The summed E-state index contributed by atoms with van der Waals surface area (Å²) in [7, 11) is 0. The molecule has 4 heteroatoms. The highest BCUT2D eigenvalue weighted by Gasteiger charge is 2.20. The molecule has 0 aromatic heterocycles. The van der Waals surface area contributed by atoms with Gasteiger partial charge in [0, 0.05) is 67.6 Å². The number of benzene rings is 12. The minimum atomic E-state index is 1.07. The van der Waals surface area contributed by atoms with Gasteiger partial charge in [-0.3, -0.25) is 0 Å². The van der Waals surface area contributed by atoms with E-state index in [0.717, 1.165) is 79.4 Å². The topological polar surface area (TPSA) is 13.0 Å². The van der Waals surface area contributed by atoms with Crippen LogP contribution in [0.25, 0.3) is 32.7 Å². The highest BCUT2D eigenvalue weighted by atomic mass is 15.2. The third-order valence-corrected chi connectivity index (χ3v) is 13.4. The fourth-order valence-corrected chi connectivity index (χ4v) is 9.97. The molecule has 0 atom stereocenters. The zero-order valence-corrected chi connectivity index (χ0v) is 39.7. The van der Waals surface area contributed by atoms with Gasteiger partial charge in [-0.15, -0.1) is 0 Å². The van der Waals surface area contributed by atoms with Crippen LogP contribution in [0.15, 0.2) is 303 Å². The molecule has 0 saturated heterocycles. The van der Waals surface area contributed by atoms with Gasteiger partial charge in [-0.2, -0.15) is 0 Å². The summed E-state index contributed by atoms with van der Waals surface area (Å²) in [4.78, 5) is 9.35. The summed E-state index contributed by atoms with van der Waals surface area (Å²) in [6.07, 6.45) is 0. The molecule has 0 bridgehead atoms. The summed E-state index contributed by atoms with van der Waals surface area (Å²) in [5.41, 5.74) is 15.4. The van der Waals surface area contributed by atoms with Crippen LogP contribution in [-0.4, -0.2) is 0 Å². The second-order valence-electron chi connectivity index (χ2n) is 17.8. The minimum Gasteiger partial charge on any atom is -0.311 e. The molecule has 0 aliphatic heterocycles. The second kappa shape index (κ2) is 19.8. The maximum absolute atomic E-state index is 2.38. The van der Waals surface area contributed by atoms with Crippen molar-refractivity contribution in [3.8, 4) is 11.1 Å². The molecule has 0 fully saturated rings. The number of fused-ring (bicyclic) bond motifs is 2. The van der Waals surface area contributed by atoms with Gasteiger partial charge in [0.15, 0.2) is 0 Å². The Labute approximate surface area is 421 Å². The zero-order chi connectivity index (χ0) is 48.1. The van der Waals surface area contributed by atoms with Crippen LogP contribution in [0.5, 0.6) is 0 Å². The number of nitrogens with zero attached hydrogens (tertiary/aromatic N) is 4. The molecule has 12 aromatic carbocycles. The first-order valence-electron chi connectivity index (χ1n) is 24.5. The van der Waals surface area contributed by atoms with Gasteiger partial charge in [0.05, 0.1) is 11.4 Å². The first kappa shape index (κ1) is 43.6. The highest BCUT2D eigenvalue weighted by molar-refractivity contribution is 6.00. The van der Waals surface area contributed by atoms with E-state index in [9.17, 15) is 0 Å². The van der Waals surface area contributed by atoms with E-state index in [1.165, 1.54) is 21.5 Å². The van der Waals surface area contributed by atoms with Crippen LogP contribution in [0, 0.1) is 0 Å². The molecule has 0 saturated carbocycles. The molecule has 0 N–H and O–H groups in total. The van der Waals surface area contributed by atoms with Crippen molar-refractivity contribution in [1.82, 2.24) is 0 Å². The molecule has 0 aliphatic rings. The van der Waals surface area contributed by atoms with Crippen molar-refractivity contribution in [2.45, 2.75) is 0 Å². The molecule has 72 heavy (non-hydrogen) atoms. The fourth-order valence-electron chi connectivity index (χ4n) is 9.97. The van der Waals surface area contributed by atoms with Gasteiger partial charge in [0.1, 0.15) is 0 Å². The van der Waals surface area contributed by atoms with Crippen LogP contribution in [0.2, 0.25) is 0 Å². The molecule has 0 spiro atoms. The van der Waals surface area contributed by atoms with Crippen molar-refractivity contribution in [2.24, 2.45) is 0 Å². The molecule has 0 heterocycles. The van der Waals surface area contributed by atoms with Crippen LogP contribution in [0.1, 0.15) is 0 Å². The van der Waals surface area contributed by atoms with Crippen LogP contribution < -0.4 is 19.6 Å². The lowest BCUT2D eigenvalue weighted by molar-refractivity contribution is 1.26. The van der Waals surface area contributed by atoms with E-state index in [0.29, 0.717) is 0 Å². The maximum atomic E-state index is 2.38. The molecule has 12 aromatic rings. The van der Waals surface area contributed by atoms with E-state index >= 15 is 0 Å². The number of para-hydroxylation sites is 4. The lowest BCUT2D eigenvalue weighted by atomic mass is 10.0. The standard InChI is InChI=1S/C68H50N4/c1-5-23-55(24-6-1)69(56-25-7-2-8-26-56)59-43-47-63(48-44-59)71(67-33-17-21-53-19-13-15-31-65(53)67)61-39-35-51(36-40-61)52-37-41-62(42-38-52)72(68-34-18-22-54-20-14-16-32-66(54)68)64-49-45-60(46-50-64)70(57-27-9-3-10-28-57)58-29-11-4-12-30-58/h1-50H. The molecule has 0 aliphatic carbocycles. The largest absolute Gasteiger partial charge is 0.311 e. The van der Waals surface area contributed by atoms with Crippen molar-refractivity contribution >= 4 is 89.8 Å². The second-order valence-corrected chi connectivity index (χ2v) is 17.8. The van der Waals surface area contributed by atoms with Gasteiger partial charge in [0.2, 0.25) is 0 Å². The minimum absolute atomic E-state index is 1.07. The Morgan fingerprint density at radius 1 is 0.153 bits per heavy atom. The Bertz CT molecular complexity index is 3370. The Balaban J connectivity index is 0.891. The van der Waals surface area contributed by atoms with Gasteiger partial charge in [-0.05, 0) is 155 Å². The van der Waals surface area contributed by atoms with Crippen molar-refractivity contribution in [2.75, 3.05) is 19.6 Å². The zero-order valence-electron chi connectivity index (χ0n) is 39.7. The van der Waals surface area contributed by atoms with E-state index < -0.39 is 0 Å². The van der Waals surface area contributed by atoms with Crippen LogP contribution >= 0.6 is 0 Å². The lowest BCUT2D eigenvalue weighted by Gasteiger charge is -2.29. The van der Waals surface area contributed by atoms with Crippen LogP contribution in [0.3, 0.4) is 0 Å². The fraction of sp³-hybridized carbons (Fsp3) is 0. The summed E-state index contributed by atoms with van der Waals surface area (Å²) in [6, 6.07) is 108. The SMILES string of the molecule is c1ccc(N(c2ccccc2)c2ccc(N(c3ccc(-c4ccc(N(c5ccc(N(c6ccccc6)c6ccccc6)cc5)c5cccc6ccccc56)cc4)cc3)c3cccc4ccccc34)cc2)cc1. The first-order chi connectivity index (χ1) is 35.7. The smallest absolute Gasteiger partial charge is 0.0540 e. The summed E-state index contributed by atoms with van der Waals surface area (Å²) in [5.74, 6) is 0. The van der Waals surface area contributed by atoms with Crippen molar-refractivity contribution < 1.29 is 0 Å². The van der Waals surface area contributed by atoms with E-state index in [1.807, 2.05) is 0 Å². The summed E-state index contributed by atoms with van der Waals surface area (Å²) >= 11 is 0. The van der Waals surface area contributed by atoms with E-state index in [2.05, 4.69) is 323 Å². The Kier molecular flexibility index (Phi) is 12.0. The Hall–Kier alpha value is -9.64. The molecule has 4 nitrogen and oxygen atoms in total. The molecular weight excluding hydrogens is 873 g/mol. The van der Waals surface area contributed by atoms with Crippen LogP contribution in [0.4, 0.5) is 68.2 Å². The predicted octanol–water partition coefficient (Wildman–Crippen LogP) is 19.5. The number of hydrogen-bond acceptors (Lipinski definition) is 4. The summed E-state index contributed by atoms with van der Waals surface area (Å²) in [6.45, 7) is 0. The number of anilines is 12. The van der Waals surface area contributed by atoms with Gasteiger partial charge >= 0.3 is 0 Å². The van der Waals surface area contributed by atoms with Gasteiger partial charge in [0.25, 0.3) is 0 Å². The average molecular weight is 923 g/mol. The average Bonchev–Trinajstić information content (AvgIpc) is 3.46.